The van der Waals surface area contributed by atoms with Gasteiger partial charge in [0.1, 0.15) is 0 Å². The lowest BCUT2D eigenvalue weighted by Crippen LogP contribution is -2.26. The number of aromatic nitrogens is 2. The summed E-state index contributed by atoms with van der Waals surface area (Å²) in [6, 6.07) is 6.37. The molecule has 0 saturated heterocycles. The second-order valence-electron chi connectivity index (χ2n) is 6.39. The summed E-state index contributed by atoms with van der Waals surface area (Å²) in [6.45, 7) is 4.42. The van der Waals surface area contributed by atoms with Crippen LogP contribution in [0.1, 0.15) is 25.9 Å². The molecule has 4 aromatic rings. The predicted octanol–water partition coefficient (Wildman–Crippen LogP) is 4.41. The van der Waals surface area contributed by atoms with Gasteiger partial charge in [0.25, 0.3) is 11.6 Å². The molecule has 1 aromatic carbocycles. The van der Waals surface area contributed by atoms with E-state index in [0.29, 0.717) is 16.8 Å². The molecule has 0 atom stereocenters. The Hall–Kier alpha value is -2.78. The number of hydrogen-bond donors (Lipinski definition) is 0. The lowest BCUT2D eigenvalue weighted by atomic mass is 10.2. The average molecular weight is 400 g/mol. The number of rotatable bonds is 4. The van der Waals surface area contributed by atoms with E-state index >= 15 is 0 Å². The molecule has 0 radical (unpaired) electrons. The van der Waals surface area contributed by atoms with E-state index in [1.165, 1.54) is 28.3 Å². The smallest absolute Gasteiger partial charge is 0.270 e. The second kappa shape index (κ2) is 6.43. The van der Waals surface area contributed by atoms with Crippen LogP contribution in [0.15, 0.2) is 30.5 Å². The number of nitro groups is 1. The van der Waals surface area contributed by atoms with Crippen molar-refractivity contribution < 1.29 is 9.72 Å². The number of carbonyl (C=O) groups excluding carboxylic acids is 1. The summed E-state index contributed by atoms with van der Waals surface area (Å²) in [6.07, 6.45) is 2.03. The molecule has 9 heteroatoms. The zero-order valence-electron chi connectivity index (χ0n) is 14.9. The summed E-state index contributed by atoms with van der Waals surface area (Å²) in [5.41, 5.74) is 1.92. The largest absolute Gasteiger partial charge is 0.335 e. The fourth-order valence-corrected chi connectivity index (χ4v) is 4.96. The third-order valence-corrected chi connectivity index (χ3v) is 6.40. The first-order valence-electron chi connectivity index (χ1n) is 8.21. The highest BCUT2D eigenvalue weighted by Gasteiger charge is 2.20. The van der Waals surface area contributed by atoms with Gasteiger partial charge < -0.3 is 4.90 Å². The molecule has 4 rings (SSSR count). The first-order chi connectivity index (χ1) is 12.8. The molecule has 3 aromatic heterocycles. The third-order valence-electron chi connectivity index (χ3n) is 4.40. The van der Waals surface area contributed by atoms with E-state index in [9.17, 15) is 14.9 Å². The van der Waals surface area contributed by atoms with E-state index < -0.39 is 4.92 Å². The van der Waals surface area contributed by atoms with Crippen molar-refractivity contribution in [1.29, 1.82) is 0 Å². The number of fused-ring (bicyclic) bond motifs is 2. The van der Waals surface area contributed by atoms with Gasteiger partial charge in [-0.25, -0.2) is 4.98 Å². The SMILES string of the molecule is Cc1cn2c(CN(C)C(=O)c3cc4cc([N+](=O)[O-])ccc4s3)c(C)nc2s1. The van der Waals surface area contributed by atoms with Crippen LogP contribution in [0.4, 0.5) is 5.69 Å². The Morgan fingerprint density at radius 2 is 2.07 bits per heavy atom. The van der Waals surface area contributed by atoms with Crippen LogP contribution >= 0.6 is 22.7 Å². The van der Waals surface area contributed by atoms with Crippen LogP contribution in [0.25, 0.3) is 15.0 Å². The summed E-state index contributed by atoms with van der Waals surface area (Å²) in [5, 5.41) is 11.6. The van der Waals surface area contributed by atoms with Gasteiger partial charge in [-0.3, -0.25) is 19.3 Å². The van der Waals surface area contributed by atoms with Crippen molar-refractivity contribution in [2.45, 2.75) is 20.4 Å². The molecule has 138 valence electrons. The highest BCUT2D eigenvalue weighted by Crippen LogP contribution is 2.30. The van der Waals surface area contributed by atoms with Gasteiger partial charge in [0, 0.05) is 40.3 Å². The second-order valence-corrected chi connectivity index (χ2v) is 8.69. The standard InChI is InChI=1S/C18H16N4O3S2/c1-10-8-21-14(11(2)19-18(21)26-10)9-20(3)17(23)16-7-12-6-13(22(24)25)4-5-15(12)27-16/h4-8H,9H2,1-3H3. The molecule has 1 amide bonds. The minimum atomic E-state index is -0.429. The quantitative estimate of drug-likeness (QED) is 0.375. The van der Waals surface area contributed by atoms with Crippen LogP contribution in [-0.4, -0.2) is 32.2 Å². The molecule has 0 aliphatic heterocycles. The molecule has 0 bridgehead atoms. The Balaban J connectivity index is 1.62. The van der Waals surface area contributed by atoms with Crippen LogP contribution in [0.3, 0.4) is 0 Å². The predicted molar refractivity (Wildman–Crippen MR) is 107 cm³/mol. The number of amides is 1. The molecule has 0 aliphatic rings. The first kappa shape index (κ1) is 17.6. The number of thiophene rings is 1. The van der Waals surface area contributed by atoms with Gasteiger partial charge in [0.15, 0.2) is 4.96 Å². The van der Waals surface area contributed by atoms with Gasteiger partial charge >= 0.3 is 0 Å². The number of carbonyl (C=O) groups is 1. The molecule has 27 heavy (non-hydrogen) atoms. The maximum Gasteiger partial charge on any atom is 0.270 e. The van der Waals surface area contributed by atoms with Crippen molar-refractivity contribution >= 4 is 49.3 Å². The van der Waals surface area contributed by atoms with E-state index in [2.05, 4.69) is 4.98 Å². The number of nitrogens with zero attached hydrogens (tertiary/aromatic N) is 4. The van der Waals surface area contributed by atoms with Crippen LogP contribution < -0.4 is 0 Å². The minimum Gasteiger partial charge on any atom is -0.335 e. The summed E-state index contributed by atoms with van der Waals surface area (Å²) in [4.78, 5) is 32.3. The van der Waals surface area contributed by atoms with Crippen LogP contribution in [0.2, 0.25) is 0 Å². The Morgan fingerprint density at radius 3 is 2.81 bits per heavy atom. The van der Waals surface area contributed by atoms with Crippen LogP contribution in [-0.2, 0) is 6.54 Å². The molecular weight excluding hydrogens is 384 g/mol. The molecule has 0 unspecified atom stereocenters. The van der Waals surface area contributed by atoms with E-state index in [4.69, 9.17) is 0 Å². The summed E-state index contributed by atoms with van der Waals surface area (Å²) >= 11 is 2.97. The van der Waals surface area contributed by atoms with Gasteiger partial charge in [0.05, 0.1) is 27.7 Å². The fourth-order valence-electron chi connectivity index (χ4n) is 3.03. The average Bonchev–Trinajstić information content (AvgIpc) is 3.27. The Morgan fingerprint density at radius 1 is 1.30 bits per heavy atom. The number of aryl methyl sites for hydroxylation is 2. The van der Waals surface area contributed by atoms with E-state index in [1.807, 2.05) is 24.4 Å². The van der Waals surface area contributed by atoms with E-state index in [-0.39, 0.29) is 11.6 Å². The third kappa shape index (κ3) is 3.08. The highest BCUT2D eigenvalue weighted by atomic mass is 32.1. The van der Waals surface area contributed by atoms with Gasteiger partial charge in [-0.15, -0.1) is 22.7 Å². The normalized spacial score (nSPS) is 11.4. The Bertz CT molecular complexity index is 1200. The minimum absolute atomic E-state index is 0.0257. The molecular formula is C18H16N4O3S2. The first-order valence-corrected chi connectivity index (χ1v) is 9.84. The maximum atomic E-state index is 12.9. The van der Waals surface area contributed by atoms with E-state index in [0.717, 1.165) is 21.0 Å². The van der Waals surface area contributed by atoms with E-state index in [1.54, 1.807) is 35.4 Å². The maximum absolute atomic E-state index is 12.9. The Kier molecular flexibility index (Phi) is 4.20. The number of thiazole rings is 1. The van der Waals surface area contributed by atoms with Gasteiger partial charge in [0.2, 0.25) is 0 Å². The van der Waals surface area contributed by atoms with Crippen molar-refractivity contribution in [2.24, 2.45) is 0 Å². The van der Waals surface area contributed by atoms with Gasteiger partial charge in [-0.05, 0) is 26.0 Å². The van der Waals surface area contributed by atoms with Crippen LogP contribution in [0.5, 0.6) is 0 Å². The molecule has 0 N–H and O–H groups in total. The summed E-state index contributed by atoms with van der Waals surface area (Å²) in [5.74, 6) is -0.111. The summed E-state index contributed by atoms with van der Waals surface area (Å²) in [7, 11) is 1.76. The van der Waals surface area contributed by atoms with Gasteiger partial charge in [-0.1, -0.05) is 0 Å². The van der Waals surface area contributed by atoms with Crippen molar-refractivity contribution in [1.82, 2.24) is 14.3 Å². The number of benzene rings is 1. The number of non-ortho nitro benzene ring substituents is 1. The molecule has 3 heterocycles. The van der Waals surface area contributed by atoms with Crippen LogP contribution in [0, 0.1) is 24.0 Å². The molecule has 0 fully saturated rings. The fraction of sp³-hybridized carbons (Fsp3) is 0.222. The molecule has 0 aliphatic carbocycles. The molecule has 7 nitrogen and oxygen atoms in total. The van der Waals surface area contributed by atoms with Crippen molar-refractivity contribution in [3.8, 4) is 0 Å². The van der Waals surface area contributed by atoms with Crippen molar-refractivity contribution in [2.75, 3.05) is 7.05 Å². The lowest BCUT2D eigenvalue weighted by Gasteiger charge is -2.16. The lowest BCUT2D eigenvalue weighted by molar-refractivity contribution is -0.384. The molecule has 0 saturated carbocycles. The number of hydrogen-bond acceptors (Lipinski definition) is 6. The van der Waals surface area contributed by atoms with Gasteiger partial charge in [-0.2, -0.15) is 0 Å². The zero-order chi connectivity index (χ0) is 19.3. The number of nitro benzene ring substituents is 1. The van der Waals surface area contributed by atoms with Crippen molar-refractivity contribution in [3.63, 3.8) is 0 Å². The Labute approximate surface area is 162 Å². The number of imidazole rings is 1. The monoisotopic (exact) mass is 400 g/mol. The van der Waals surface area contributed by atoms with Crippen molar-refractivity contribution in [3.05, 3.63) is 61.7 Å². The summed E-state index contributed by atoms with van der Waals surface area (Å²) < 4.78 is 2.89. The topological polar surface area (TPSA) is 80.8 Å². The highest BCUT2D eigenvalue weighted by molar-refractivity contribution is 7.20. The zero-order valence-corrected chi connectivity index (χ0v) is 16.6. The molecule has 0 spiro atoms.